The van der Waals surface area contributed by atoms with E-state index in [1.807, 2.05) is 0 Å². The zero-order valence-electron chi connectivity index (χ0n) is 10.8. The number of nitrogens with zero attached hydrogens (tertiary/aromatic N) is 1. The van der Waals surface area contributed by atoms with E-state index in [0.29, 0.717) is 11.8 Å². The number of carbonyl (C=O) groups is 1. The molecule has 0 bridgehead atoms. The molecule has 0 saturated carbocycles. The van der Waals surface area contributed by atoms with Crippen molar-refractivity contribution in [3.8, 4) is 0 Å². The van der Waals surface area contributed by atoms with Crippen molar-refractivity contribution in [2.45, 2.75) is 33.6 Å². The molecule has 2 aliphatic rings. The maximum Gasteiger partial charge on any atom is 0.222 e. The highest BCUT2D eigenvalue weighted by atomic mass is 16.2. The summed E-state index contributed by atoms with van der Waals surface area (Å²) in [7, 11) is 0. The van der Waals surface area contributed by atoms with Crippen molar-refractivity contribution < 1.29 is 4.79 Å². The lowest BCUT2D eigenvalue weighted by Crippen LogP contribution is -2.43. The molecule has 0 spiro atoms. The van der Waals surface area contributed by atoms with E-state index in [-0.39, 0.29) is 5.41 Å². The molecule has 0 aromatic carbocycles. The van der Waals surface area contributed by atoms with Crippen molar-refractivity contribution in [2.24, 2.45) is 17.3 Å². The molecule has 92 valence electrons. The average molecular weight is 224 g/mol. The summed E-state index contributed by atoms with van der Waals surface area (Å²) in [6, 6.07) is 0. The number of hydrogen-bond donors (Lipinski definition) is 1. The molecule has 2 heterocycles. The molecule has 2 saturated heterocycles. The van der Waals surface area contributed by atoms with Gasteiger partial charge in [-0.1, -0.05) is 20.8 Å². The fraction of sp³-hybridized carbons (Fsp3) is 0.923. The van der Waals surface area contributed by atoms with Gasteiger partial charge in [-0.2, -0.15) is 0 Å². The highest BCUT2D eigenvalue weighted by Crippen LogP contribution is 2.34. The van der Waals surface area contributed by atoms with Gasteiger partial charge in [-0.3, -0.25) is 4.79 Å². The Balaban J connectivity index is 1.80. The van der Waals surface area contributed by atoms with Crippen molar-refractivity contribution in [2.75, 3.05) is 26.2 Å². The van der Waals surface area contributed by atoms with Crippen LogP contribution in [-0.2, 0) is 4.79 Å². The first kappa shape index (κ1) is 11.9. The highest BCUT2D eigenvalue weighted by Gasteiger charge is 2.36. The zero-order chi connectivity index (χ0) is 11.8. The van der Waals surface area contributed by atoms with Crippen LogP contribution in [0.4, 0.5) is 0 Å². The summed E-state index contributed by atoms with van der Waals surface area (Å²) in [4.78, 5) is 13.9. The Morgan fingerprint density at radius 1 is 1.38 bits per heavy atom. The van der Waals surface area contributed by atoms with Crippen LogP contribution in [0.1, 0.15) is 33.6 Å². The third kappa shape index (κ3) is 2.57. The van der Waals surface area contributed by atoms with Gasteiger partial charge in [0.1, 0.15) is 0 Å². The molecule has 1 N–H and O–H groups in total. The van der Waals surface area contributed by atoms with E-state index in [2.05, 4.69) is 31.0 Å². The molecule has 2 aliphatic heterocycles. The van der Waals surface area contributed by atoms with Gasteiger partial charge in [0.05, 0.1) is 0 Å². The first-order valence-corrected chi connectivity index (χ1v) is 6.45. The van der Waals surface area contributed by atoms with E-state index < -0.39 is 0 Å². The molecule has 3 nitrogen and oxygen atoms in total. The minimum Gasteiger partial charge on any atom is -0.342 e. The van der Waals surface area contributed by atoms with Crippen LogP contribution < -0.4 is 5.32 Å². The van der Waals surface area contributed by atoms with Crippen molar-refractivity contribution in [1.29, 1.82) is 0 Å². The quantitative estimate of drug-likeness (QED) is 0.788. The molecular weight excluding hydrogens is 200 g/mol. The molecule has 3 heteroatoms. The van der Waals surface area contributed by atoms with Crippen LogP contribution in [0, 0.1) is 17.3 Å². The molecular formula is C13H24N2O. The average Bonchev–Trinajstić information content (AvgIpc) is 2.44. The summed E-state index contributed by atoms with van der Waals surface area (Å²) in [5.41, 5.74) is 0.266. The largest absolute Gasteiger partial charge is 0.342 e. The first-order chi connectivity index (χ1) is 7.47. The second-order valence-electron chi connectivity index (χ2n) is 6.42. The number of amides is 1. The molecule has 0 aromatic rings. The van der Waals surface area contributed by atoms with E-state index in [9.17, 15) is 4.79 Å². The van der Waals surface area contributed by atoms with Crippen LogP contribution in [0.5, 0.6) is 0 Å². The van der Waals surface area contributed by atoms with E-state index in [4.69, 9.17) is 0 Å². The molecule has 1 amide bonds. The Bertz CT molecular complexity index is 266. The Morgan fingerprint density at radius 3 is 2.50 bits per heavy atom. The van der Waals surface area contributed by atoms with Gasteiger partial charge < -0.3 is 10.2 Å². The van der Waals surface area contributed by atoms with Gasteiger partial charge in [-0.05, 0) is 36.8 Å². The third-order valence-corrected chi connectivity index (χ3v) is 4.11. The molecule has 16 heavy (non-hydrogen) atoms. The summed E-state index contributed by atoms with van der Waals surface area (Å²) < 4.78 is 0. The van der Waals surface area contributed by atoms with E-state index >= 15 is 0 Å². The molecule has 2 fully saturated rings. The van der Waals surface area contributed by atoms with Crippen LogP contribution in [0.25, 0.3) is 0 Å². The molecule has 0 aliphatic carbocycles. The molecule has 2 rings (SSSR count). The number of likely N-dealkylation sites (tertiary alicyclic amines) is 1. The number of hydrogen-bond acceptors (Lipinski definition) is 2. The van der Waals surface area contributed by atoms with E-state index in [1.165, 1.54) is 6.42 Å². The maximum absolute atomic E-state index is 11.9. The number of rotatable bonds is 3. The van der Waals surface area contributed by atoms with Gasteiger partial charge in [0, 0.05) is 19.5 Å². The summed E-state index contributed by atoms with van der Waals surface area (Å²) >= 11 is 0. The summed E-state index contributed by atoms with van der Waals surface area (Å²) in [5, 5.41) is 3.28. The van der Waals surface area contributed by atoms with Crippen molar-refractivity contribution in [1.82, 2.24) is 10.2 Å². The number of nitrogens with one attached hydrogen (secondary N) is 1. The summed E-state index contributed by atoms with van der Waals surface area (Å²) in [6.07, 6.45) is 1.93. The number of carbonyl (C=O) groups excluding carboxylic acids is 1. The second kappa shape index (κ2) is 4.36. The molecule has 0 aromatic heterocycles. The van der Waals surface area contributed by atoms with E-state index in [1.54, 1.807) is 0 Å². The van der Waals surface area contributed by atoms with Crippen LogP contribution in [0.15, 0.2) is 0 Å². The summed E-state index contributed by atoms with van der Waals surface area (Å²) in [6.45, 7) is 11.0. The predicted octanol–water partition coefficient (Wildman–Crippen LogP) is 1.49. The molecule has 1 atom stereocenters. The van der Waals surface area contributed by atoms with Crippen LogP contribution in [0.2, 0.25) is 0 Å². The predicted molar refractivity (Wildman–Crippen MR) is 65.1 cm³/mol. The SMILES string of the molecule is CC(C)(C)C1CC(=O)N(CCC2CNC2)C1. The van der Waals surface area contributed by atoms with Crippen molar-refractivity contribution in [3.05, 3.63) is 0 Å². The van der Waals surface area contributed by atoms with Gasteiger partial charge in [-0.25, -0.2) is 0 Å². The first-order valence-electron chi connectivity index (χ1n) is 6.45. The van der Waals surface area contributed by atoms with Gasteiger partial charge >= 0.3 is 0 Å². The Kier molecular flexibility index (Phi) is 3.24. The highest BCUT2D eigenvalue weighted by molar-refractivity contribution is 5.78. The van der Waals surface area contributed by atoms with Crippen LogP contribution in [-0.4, -0.2) is 37.0 Å². The van der Waals surface area contributed by atoms with Crippen molar-refractivity contribution in [3.63, 3.8) is 0 Å². The summed E-state index contributed by atoms with van der Waals surface area (Å²) in [5.74, 6) is 1.72. The van der Waals surface area contributed by atoms with Crippen LogP contribution >= 0.6 is 0 Å². The van der Waals surface area contributed by atoms with Crippen LogP contribution in [0.3, 0.4) is 0 Å². The van der Waals surface area contributed by atoms with Gasteiger partial charge in [0.25, 0.3) is 0 Å². The van der Waals surface area contributed by atoms with E-state index in [0.717, 1.165) is 38.5 Å². The normalized spacial score (nSPS) is 27.3. The lowest BCUT2D eigenvalue weighted by atomic mass is 9.80. The van der Waals surface area contributed by atoms with Gasteiger partial charge in [0.15, 0.2) is 0 Å². The lowest BCUT2D eigenvalue weighted by molar-refractivity contribution is -0.128. The standard InChI is InChI=1S/C13H24N2O/c1-13(2,3)11-6-12(16)15(9-11)5-4-10-7-14-8-10/h10-11,14H,4-9H2,1-3H3. The third-order valence-electron chi connectivity index (χ3n) is 4.11. The second-order valence-corrected chi connectivity index (χ2v) is 6.42. The Labute approximate surface area is 98.6 Å². The fourth-order valence-corrected chi connectivity index (χ4v) is 2.46. The zero-order valence-corrected chi connectivity index (χ0v) is 10.8. The molecule has 1 unspecified atom stereocenters. The topological polar surface area (TPSA) is 32.3 Å². The maximum atomic E-state index is 11.9. The fourth-order valence-electron chi connectivity index (χ4n) is 2.46. The lowest BCUT2D eigenvalue weighted by Gasteiger charge is -2.30. The minimum absolute atomic E-state index is 0.266. The van der Waals surface area contributed by atoms with Gasteiger partial charge in [0.2, 0.25) is 5.91 Å². The minimum atomic E-state index is 0.266. The smallest absolute Gasteiger partial charge is 0.222 e. The van der Waals surface area contributed by atoms with Crippen molar-refractivity contribution >= 4 is 5.91 Å². The Morgan fingerprint density at radius 2 is 2.06 bits per heavy atom. The Hall–Kier alpha value is -0.570. The monoisotopic (exact) mass is 224 g/mol. The molecule has 0 radical (unpaired) electrons. The van der Waals surface area contributed by atoms with Gasteiger partial charge in [-0.15, -0.1) is 0 Å².